The maximum absolute atomic E-state index is 10.7. The van der Waals surface area contributed by atoms with Crippen LogP contribution in [0.5, 0.6) is 5.75 Å². The zero-order valence-electron chi connectivity index (χ0n) is 11.2. The van der Waals surface area contributed by atoms with Crippen LogP contribution in [0.2, 0.25) is 0 Å². The third-order valence-corrected chi connectivity index (χ3v) is 4.27. The van der Waals surface area contributed by atoms with Crippen molar-refractivity contribution in [2.24, 2.45) is 0 Å². The topological polar surface area (TPSA) is 47.9 Å². The number of ether oxygens (including phenoxy) is 3. The first kappa shape index (κ1) is 12.9. The van der Waals surface area contributed by atoms with Crippen molar-refractivity contribution in [3.8, 4) is 5.75 Å². The quantitative estimate of drug-likeness (QED) is 0.905. The van der Waals surface area contributed by atoms with Gasteiger partial charge in [0.1, 0.15) is 17.5 Å². The average Bonchev–Trinajstić information content (AvgIpc) is 2.94. The van der Waals surface area contributed by atoms with E-state index in [4.69, 9.17) is 14.2 Å². The predicted molar refractivity (Wildman–Crippen MR) is 70.4 cm³/mol. The van der Waals surface area contributed by atoms with E-state index in [1.54, 1.807) is 7.11 Å². The van der Waals surface area contributed by atoms with E-state index in [9.17, 15) is 5.11 Å². The number of aliphatic hydroxyl groups excluding tert-OH is 1. The van der Waals surface area contributed by atoms with Gasteiger partial charge in [0.25, 0.3) is 0 Å². The Labute approximate surface area is 113 Å². The van der Waals surface area contributed by atoms with Gasteiger partial charge in [-0.05, 0) is 23.3 Å². The second-order valence-corrected chi connectivity index (χ2v) is 5.25. The van der Waals surface area contributed by atoms with E-state index < -0.39 is 11.7 Å². The summed E-state index contributed by atoms with van der Waals surface area (Å²) < 4.78 is 16.5. The number of aliphatic hydroxyl groups is 1. The van der Waals surface area contributed by atoms with E-state index in [0.717, 1.165) is 37.2 Å². The van der Waals surface area contributed by atoms with Crippen LogP contribution in [0.25, 0.3) is 0 Å². The van der Waals surface area contributed by atoms with Crippen LogP contribution in [0.15, 0.2) is 18.2 Å². The van der Waals surface area contributed by atoms with Crippen molar-refractivity contribution in [1.29, 1.82) is 0 Å². The molecule has 0 aromatic heterocycles. The predicted octanol–water partition coefficient (Wildman–Crippen LogP) is 1.85. The number of methoxy groups -OCH3 is 1. The van der Waals surface area contributed by atoms with Crippen LogP contribution >= 0.6 is 0 Å². The maximum Gasteiger partial charge on any atom is 0.122 e. The summed E-state index contributed by atoms with van der Waals surface area (Å²) in [6, 6.07) is 5.93. The van der Waals surface area contributed by atoms with E-state index in [-0.39, 0.29) is 0 Å². The van der Waals surface area contributed by atoms with Crippen molar-refractivity contribution in [3.63, 3.8) is 0 Å². The minimum absolute atomic E-state index is 0.522. The lowest BCUT2D eigenvalue weighted by molar-refractivity contribution is -0.154. The molecule has 104 valence electrons. The highest BCUT2D eigenvalue weighted by Crippen LogP contribution is 2.39. The lowest BCUT2D eigenvalue weighted by Gasteiger charge is -2.39. The van der Waals surface area contributed by atoms with Gasteiger partial charge in [-0.2, -0.15) is 0 Å². The molecule has 1 N–H and O–H groups in total. The molecule has 2 heterocycles. The standard InChI is InChI=1S/C15H20O4/c1-17-15(5-8-18-9-6-15)14(16)12-2-3-13-11(10-12)4-7-19-13/h2-3,10,14,16H,4-9H2,1H3. The summed E-state index contributed by atoms with van der Waals surface area (Å²) in [6.07, 6.45) is 1.74. The lowest BCUT2D eigenvalue weighted by Crippen LogP contribution is -2.43. The third-order valence-electron chi connectivity index (χ3n) is 4.27. The molecule has 4 nitrogen and oxygen atoms in total. The molecule has 1 atom stereocenters. The monoisotopic (exact) mass is 264 g/mol. The molecule has 1 aromatic carbocycles. The molecule has 1 saturated heterocycles. The van der Waals surface area contributed by atoms with Crippen LogP contribution in [0.1, 0.15) is 30.1 Å². The van der Waals surface area contributed by atoms with Gasteiger partial charge in [-0.1, -0.05) is 6.07 Å². The Morgan fingerprint density at radius 1 is 1.26 bits per heavy atom. The second-order valence-electron chi connectivity index (χ2n) is 5.25. The molecule has 0 spiro atoms. The average molecular weight is 264 g/mol. The molecule has 19 heavy (non-hydrogen) atoms. The molecule has 1 unspecified atom stereocenters. The molecule has 0 radical (unpaired) electrons. The van der Waals surface area contributed by atoms with Crippen molar-refractivity contribution in [1.82, 2.24) is 0 Å². The first-order valence-corrected chi connectivity index (χ1v) is 6.82. The van der Waals surface area contributed by atoms with Gasteiger partial charge in [0.15, 0.2) is 0 Å². The minimum Gasteiger partial charge on any atom is -0.493 e. The maximum atomic E-state index is 10.7. The summed E-state index contributed by atoms with van der Waals surface area (Å²) in [7, 11) is 1.67. The number of hydrogen-bond acceptors (Lipinski definition) is 4. The summed E-state index contributed by atoms with van der Waals surface area (Å²) in [4.78, 5) is 0. The molecule has 2 aliphatic rings. The van der Waals surface area contributed by atoms with Gasteiger partial charge in [-0.15, -0.1) is 0 Å². The van der Waals surface area contributed by atoms with Crippen LogP contribution < -0.4 is 4.74 Å². The molecule has 0 amide bonds. The molecular weight excluding hydrogens is 244 g/mol. The van der Waals surface area contributed by atoms with Crippen LogP contribution in [0, 0.1) is 0 Å². The second kappa shape index (κ2) is 5.12. The van der Waals surface area contributed by atoms with Crippen LogP contribution in [0.4, 0.5) is 0 Å². The Bertz CT molecular complexity index is 451. The van der Waals surface area contributed by atoms with E-state index in [1.807, 2.05) is 18.2 Å². The fraction of sp³-hybridized carbons (Fsp3) is 0.600. The van der Waals surface area contributed by atoms with Crippen molar-refractivity contribution >= 4 is 0 Å². The smallest absolute Gasteiger partial charge is 0.122 e. The number of benzene rings is 1. The fourth-order valence-corrected chi connectivity index (χ4v) is 2.99. The van der Waals surface area contributed by atoms with Crippen molar-refractivity contribution < 1.29 is 19.3 Å². The molecule has 1 fully saturated rings. The zero-order valence-corrected chi connectivity index (χ0v) is 11.2. The van der Waals surface area contributed by atoms with Gasteiger partial charge in [0.05, 0.1) is 6.61 Å². The van der Waals surface area contributed by atoms with Gasteiger partial charge >= 0.3 is 0 Å². The van der Waals surface area contributed by atoms with E-state index >= 15 is 0 Å². The molecule has 0 aliphatic carbocycles. The Morgan fingerprint density at radius 3 is 2.79 bits per heavy atom. The molecule has 4 heteroatoms. The van der Waals surface area contributed by atoms with Crippen LogP contribution in [-0.2, 0) is 15.9 Å². The zero-order chi connectivity index (χ0) is 13.3. The molecule has 0 bridgehead atoms. The number of fused-ring (bicyclic) bond motifs is 1. The summed E-state index contributed by atoms with van der Waals surface area (Å²) in [6.45, 7) is 2.01. The fourth-order valence-electron chi connectivity index (χ4n) is 2.99. The Kier molecular flexibility index (Phi) is 3.48. The van der Waals surface area contributed by atoms with Crippen LogP contribution in [-0.4, -0.2) is 37.6 Å². The van der Waals surface area contributed by atoms with Gasteiger partial charge in [-0.25, -0.2) is 0 Å². The Morgan fingerprint density at radius 2 is 2.05 bits per heavy atom. The summed E-state index contributed by atoms with van der Waals surface area (Å²) in [5.74, 6) is 0.939. The molecule has 1 aromatic rings. The van der Waals surface area contributed by atoms with E-state index in [2.05, 4.69) is 0 Å². The first-order valence-electron chi connectivity index (χ1n) is 6.82. The lowest BCUT2D eigenvalue weighted by atomic mass is 9.83. The summed E-state index contributed by atoms with van der Waals surface area (Å²) >= 11 is 0. The Balaban J connectivity index is 1.87. The molecular formula is C15H20O4. The highest BCUT2D eigenvalue weighted by Gasteiger charge is 2.40. The Hall–Kier alpha value is -1.10. The number of hydrogen-bond donors (Lipinski definition) is 1. The molecule has 2 aliphatic heterocycles. The van der Waals surface area contributed by atoms with Crippen molar-refractivity contribution in [2.45, 2.75) is 31.0 Å². The SMILES string of the molecule is COC1(C(O)c2ccc3c(c2)CCO3)CCOCC1. The van der Waals surface area contributed by atoms with Crippen molar-refractivity contribution in [3.05, 3.63) is 29.3 Å². The summed E-state index contributed by atoms with van der Waals surface area (Å²) in [5.41, 5.74) is 1.56. The molecule has 0 saturated carbocycles. The normalized spacial score (nSPS) is 22.6. The van der Waals surface area contributed by atoms with Crippen molar-refractivity contribution in [2.75, 3.05) is 26.9 Å². The largest absolute Gasteiger partial charge is 0.493 e. The first-order chi connectivity index (χ1) is 9.25. The van der Waals surface area contributed by atoms with E-state index in [0.29, 0.717) is 13.2 Å². The van der Waals surface area contributed by atoms with Gasteiger partial charge in [0.2, 0.25) is 0 Å². The highest BCUT2D eigenvalue weighted by atomic mass is 16.5. The van der Waals surface area contributed by atoms with E-state index in [1.165, 1.54) is 5.56 Å². The molecule has 3 rings (SSSR count). The van der Waals surface area contributed by atoms with Crippen LogP contribution in [0.3, 0.4) is 0 Å². The summed E-state index contributed by atoms with van der Waals surface area (Å²) in [5, 5.41) is 10.7. The number of rotatable bonds is 3. The van der Waals surface area contributed by atoms with Gasteiger partial charge in [-0.3, -0.25) is 0 Å². The van der Waals surface area contributed by atoms with Gasteiger partial charge < -0.3 is 19.3 Å². The highest BCUT2D eigenvalue weighted by molar-refractivity contribution is 5.41. The van der Waals surface area contributed by atoms with Gasteiger partial charge in [0, 0.05) is 39.6 Å². The third kappa shape index (κ3) is 2.24. The minimum atomic E-state index is -0.618.